The molecule has 1 rings (SSSR count). The number of rotatable bonds is 2. The van der Waals surface area contributed by atoms with Crippen molar-refractivity contribution < 1.29 is 14.3 Å². The van der Waals surface area contributed by atoms with E-state index in [2.05, 4.69) is 0 Å². The molecule has 1 aliphatic carbocycles. The first-order valence-electron chi connectivity index (χ1n) is 4.16. The third-order valence-corrected chi connectivity index (χ3v) is 2.23. The maximum atomic E-state index is 11.5. The second-order valence-corrected chi connectivity index (χ2v) is 3.10. The molecule has 1 aliphatic rings. The highest BCUT2D eigenvalue weighted by atomic mass is 16.5. The van der Waals surface area contributed by atoms with Gasteiger partial charge in [0.15, 0.2) is 0 Å². The van der Waals surface area contributed by atoms with Crippen LogP contribution in [0.3, 0.4) is 0 Å². The maximum absolute atomic E-state index is 11.5. The molecule has 1 atom stereocenters. The Bertz CT molecular complexity index is 265. The van der Waals surface area contributed by atoms with Crippen LogP contribution in [0.1, 0.15) is 13.3 Å². The molecule has 3 heteroatoms. The van der Waals surface area contributed by atoms with Gasteiger partial charge in [0.1, 0.15) is 11.2 Å². The fraction of sp³-hybridized carbons (Fsp3) is 0.500. The van der Waals surface area contributed by atoms with Gasteiger partial charge in [-0.05, 0) is 19.4 Å². The van der Waals surface area contributed by atoms with E-state index in [1.165, 1.54) is 7.11 Å². The molecule has 0 aromatic heterocycles. The Balaban J connectivity index is 2.97. The molecule has 0 spiro atoms. The quantitative estimate of drug-likeness (QED) is 0.481. The molecule has 13 heavy (non-hydrogen) atoms. The number of ether oxygens (including phenoxy) is 2. The third kappa shape index (κ3) is 1.59. The topological polar surface area (TPSA) is 35.5 Å². The monoisotopic (exact) mass is 182 g/mol. The number of allylic oxidation sites excluding steroid dienone is 2. The molecule has 0 amide bonds. The van der Waals surface area contributed by atoms with Gasteiger partial charge in [0.2, 0.25) is 0 Å². The smallest absolute Gasteiger partial charge is 0.323 e. The summed E-state index contributed by atoms with van der Waals surface area (Å²) in [5.74, 6) is 0.360. The van der Waals surface area contributed by atoms with Crippen molar-refractivity contribution >= 4 is 5.97 Å². The predicted octanol–water partition coefficient (Wildman–Crippen LogP) is 1.66. The van der Waals surface area contributed by atoms with Gasteiger partial charge in [-0.2, -0.15) is 0 Å². The van der Waals surface area contributed by atoms with E-state index in [0.29, 0.717) is 5.76 Å². The second kappa shape index (κ2) is 3.64. The van der Waals surface area contributed by atoms with Gasteiger partial charge in [0.05, 0.1) is 14.2 Å². The Kier molecular flexibility index (Phi) is 2.76. The first-order chi connectivity index (χ1) is 6.15. The number of carbonyl (C=O) groups is 1. The van der Waals surface area contributed by atoms with Crippen molar-refractivity contribution in [1.82, 2.24) is 0 Å². The minimum absolute atomic E-state index is 0.295. The molecule has 0 unspecified atom stereocenters. The molecular formula is C10H14O3. The zero-order chi connectivity index (χ0) is 9.90. The molecule has 0 heterocycles. The maximum Gasteiger partial charge on any atom is 0.323 e. The van der Waals surface area contributed by atoms with Crippen LogP contribution in [0.4, 0.5) is 0 Å². The molecule has 3 nitrogen and oxygen atoms in total. The first-order valence-corrected chi connectivity index (χ1v) is 4.16. The molecule has 0 N–H and O–H groups in total. The summed E-state index contributed by atoms with van der Waals surface area (Å²) in [7, 11) is 2.94. The number of carbonyl (C=O) groups excluding carboxylic acids is 1. The van der Waals surface area contributed by atoms with Crippen molar-refractivity contribution in [2.24, 2.45) is 5.41 Å². The lowest BCUT2D eigenvalue weighted by molar-refractivity contribution is -0.148. The molecule has 0 saturated carbocycles. The van der Waals surface area contributed by atoms with Crippen LogP contribution in [0.5, 0.6) is 0 Å². The summed E-state index contributed by atoms with van der Waals surface area (Å²) in [6, 6.07) is 0. The molecule has 0 radical (unpaired) electrons. The number of methoxy groups -OCH3 is 2. The fourth-order valence-corrected chi connectivity index (χ4v) is 1.45. The zero-order valence-corrected chi connectivity index (χ0v) is 8.16. The summed E-state index contributed by atoms with van der Waals surface area (Å²) in [6.07, 6.45) is 6.43. The minimum atomic E-state index is -0.748. The highest BCUT2D eigenvalue weighted by Crippen LogP contribution is 2.33. The average Bonchev–Trinajstić information content (AvgIpc) is 2.17. The largest absolute Gasteiger partial charge is 0.500 e. The minimum Gasteiger partial charge on any atom is -0.500 e. The SMILES string of the molecule is COC(=O)[C@@]1(C)C=CCC=C1OC. The molecule has 0 saturated heterocycles. The molecule has 0 aromatic rings. The predicted molar refractivity (Wildman–Crippen MR) is 49.0 cm³/mol. The van der Waals surface area contributed by atoms with Crippen molar-refractivity contribution in [3.8, 4) is 0 Å². The molecule has 0 bridgehead atoms. The van der Waals surface area contributed by atoms with Gasteiger partial charge in [-0.15, -0.1) is 0 Å². The van der Waals surface area contributed by atoms with Crippen molar-refractivity contribution in [3.05, 3.63) is 24.0 Å². The molecule has 0 fully saturated rings. The van der Waals surface area contributed by atoms with Gasteiger partial charge < -0.3 is 9.47 Å². The Morgan fingerprint density at radius 2 is 2.23 bits per heavy atom. The van der Waals surface area contributed by atoms with E-state index < -0.39 is 5.41 Å². The molecule has 0 aliphatic heterocycles. The van der Waals surface area contributed by atoms with E-state index in [1.807, 2.05) is 18.2 Å². The van der Waals surface area contributed by atoms with Gasteiger partial charge >= 0.3 is 5.97 Å². The van der Waals surface area contributed by atoms with Gasteiger partial charge in [0.25, 0.3) is 0 Å². The van der Waals surface area contributed by atoms with Gasteiger partial charge in [-0.1, -0.05) is 12.2 Å². The third-order valence-electron chi connectivity index (χ3n) is 2.23. The Hall–Kier alpha value is -1.25. The number of hydrogen-bond donors (Lipinski definition) is 0. The lowest BCUT2D eigenvalue weighted by Gasteiger charge is -2.27. The number of hydrogen-bond acceptors (Lipinski definition) is 3. The summed E-state index contributed by atoms with van der Waals surface area (Å²) in [4.78, 5) is 11.5. The van der Waals surface area contributed by atoms with Crippen LogP contribution in [-0.2, 0) is 14.3 Å². The van der Waals surface area contributed by atoms with Crippen LogP contribution < -0.4 is 0 Å². The van der Waals surface area contributed by atoms with E-state index in [4.69, 9.17) is 9.47 Å². The van der Waals surface area contributed by atoms with E-state index in [9.17, 15) is 4.79 Å². The van der Waals surface area contributed by atoms with Crippen LogP contribution in [0.25, 0.3) is 0 Å². The Morgan fingerprint density at radius 1 is 1.54 bits per heavy atom. The second-order valence-electron chi connectivity index (χ2n) is 3.10. The Morgan fingerprint density at radius 3 is 2.77 bits per heavy atom. The summed E-state index contributed by atoms with van der Waals surface area (Å²) in [6.45, 7) is 1.78. The average molecular weight is 182 g/mol. The molecule has 0 aromatic carbocycles. The lowest BCUT2D eigenvalue weighted by atomic mass is 9.84. The highest BCUT2D eigenvalue weighted by molar-refractivity contribution is 5.82. The summed E-state index contributed by atoms with van der Waals surface area (Å²) < 4.78 is 9.85. The standard InChI is InChI=1S/C10H14O3/c1-10(9(11)13-3)7-5-4-6-8(10)12-2/h5-7H,4H2,1-3H3/t10-/m0/s1. The van der Waals surface area contributed by atoms with E-state index >= 15 is 0 Å². The van der Waals surface area contributed by atoms with Crippen molar-refractivity contribution in [2.75, 3.05) is 14.2 Å². The van der Waals surface area contributed by atoms with E-state index in [1.54, 1.807) is 14.0 Å². The van der Waals surface area contributed by atoms with Crippen LogP contribution in [0, 0.1) is 5.41 Å². The van der Waals surface area contributed by atoms with Gasteiger partial charge in [-0.25, -0.2) is 0 Å². The van der Waals surface area contributed by atoms with Crippen LogP contribution >= 0.6 is 0 Å². The van der Waals surface area contributed by atoms with Crippen LogP contribution in [0.2, 0.25) is 0 Å². The normalized spacial score (nSPS) is 26.5. The summed E-state index contributed by atoms with van der Waals surface area (Å²) >= 11 is 0. The summed E-state index contributed by atoms with van der Waals surface area (Å²) in [5.41, 5.74) is -0.748. The van der Waals surface area contributed by atoms with Crippen LogP contribution in [-0.4, -0.2) is 20.2 Å². The Labute approximate surface area is 78.0 Å². The number of esters is 1. The first kappa shape index (κ1) is 9.84. The van der Waals surface area contributed by atoms with Crippen molar-refractivity contribution in [1.29, 1.82) is 0 Å². The highest BCUT2D eigenvalue weighted by Gasteiger charge is 2.38. The fourth-order valence-electron chi connectivity index (χ4n) is 1.45. The zero-order valence-electron chi connectivity index (χ0n) is 8.16. The van der Waals surface area contributed by atoms with Crippen molar-refractivity contribution in [3.63, 3.8) is 0 Å². The van der Waals surface area contributed by atoms with E-state index in [-0.39, 0.29) is 5.97 Å². The lowest BCUT2D eigenvalue weighted by Crippen LogP contribution is -2.31. The van der Waals surface area contributed by atoms with Crippen LogP contribution in [0.15, 0.2) is 24.0 Å². The van der Waals surface area contributed by atoms with Gasteiger partial charge in [-0.3, -0.25) is 4.79 Å². The summed E-state index contributed by atoms with van der Waals surface area (Å²) in [5, 5.41) is 0. The van der Waals surface area contributed by atoms with E-state index in [0.717, 1.165) is 6.42 Å². The molecular weight excluding hydrogens is 168 g/mol. The molecule has 72 valence electrons. The van der Waals surface area contributed by atoms with Gasteiger partial charge in [0, 0.05) is 0 Å². The van der Waals surface area contributed by atoms with Crippen molar-refractivity contribution in [2.45, 2.75) is 13.3 Å².